The van der Waals surface area contributed by atoms with Crippen molar-refractivity contribution in [3.8, 4) is 0 Å². The van der Waals surface area contributed by atoms with Gasteiger partial charge in [0.2, 0.25) is 5.16 Å². The summed E-state index contributed by atoms with van der Waals surface area (Å²) in [6.07, 6.45) is 0. The van der Waals surface area contributed by atoms with E-state index in [0.29, 0.717) is 5.16 Å². The van der Waals surface area contributed by atoms with Crippen molar-refractivity contribution in [1.29, 1.82) is 0 Å². The molecule has 0 fully saturated rings. The van der Waals surface area contributed by atoms with E-state index in [9.17, 15) is 4.79 Å². The molecule has 0 radical (unpaired) electrons. The van der Waals surface area contributed by atoms with E-state index in [-0.39, 0.29) is 11.6 Å². The average Bonchev–Trinajstić information content (AvgIpc) is 3.03. The maximum absolute atomic E-state index is 11.0. The SMILES string of the molecule is CC(C)n1nnnc1Sc1nc2ccc(C(=O)O)cc2s1. The Balaban J connectivity index is 1.94. The molecule has 0 aliphatic rings. The Kier molecular flexibility index (Phi) is 3.60. The second-order valence-corrected chi connectivity index (χ2v) is 6.81. The highest BCUT2D eigenvalue weighted by molar-refractivity contribution is 8.01. The molecule has 7 nitrogen and oxygen atoms in total. The van der Waals surface area contributed by atoms with E-state index in [4.69, 9.17) is 5.11 Å². The number of nitrogens with zero attached hydrogens (tertiary/aromatic N) is 5. The number of rotatable bonds is 4. The van der Waals surface area contributed by atoms with Crippen LogP contribution in [0.3, 0.4) is 0 Å². The predicted octanol–water partition coefficient (Wildman–Crippen LogP) is 2.71. The summed E-state index contributed by atoms with van der Waals surface area (Å²) in [5, 5.41) is 21.3. The molecule has 9 heteroatoms. The molecule has 0 bridgehead atoms. The molecule has 108 valence electrons. The first-order valence-electron chi connectivity index (χ1n) is 6.14. The minimum absolute atomic E-state index is 0.162. The van der Waals surface area contributed by atoms with Gasteiger partial charge in [-0.15, -0.1) is 16.4 Å². The number of tetrazole rings is 1. The number of carbonyl (C=O) groups is 1. The molecular weight excluding hydrogens is 310 g/mol. The first kappa shape index (κ1) is 14.0. The van der Waals surface area contributed by atoms with Crippen LogP contribution in [0.4, 0.5) is 0 Å². The second kappa shape index (κ2) is 5.41. The van der Waals surface area contributed by atoms with Gasteiger partial charge in [-0.05, 0) is 54.2 Å². The Bertz CT molecular complexity index is 811. The number of thiazole rings is 1. The smallest absolute Gasteiger partial charge is 0.335 e. The number of aromatic carboxylic acids is 1. The van der Waals surface area contributed by atoms with Crippen molar-refractivity contribution in [2.24, 2.45) is 0 Å². The van der Waals surface area contributed by atoms with Gasteiger partial charge in [-0.3, -0.25) is 0 Å². The van der Waals surface area contributed by atoms with Crippen LogP contribution in [0.2, 0.25) is 0 Å². The number of fused-ring (bicyclic) bond motifs is 1. The topological polar surface area (TPSA) is 93.8 Å². The van der Waals surface area contributed by atoms with E-state index in [1.807, 2.05) is 13.8 Å². The summed E-state index contributed by atoms with van der Waals surface area (Å²) in [5.41, 5.74) is 1.03. The van der Waals surface area contributed by atoms with Crippen LogP contribution in [0.25, 0.3) is 10.2 Å². The highest BCUT2D eigenvalue weighted by Gasteiger charge is 2.14. The Morgan fingerprint density at radius 2 is 2.24 bits per heavy atom. The predicted molar refractivity (Wildman–Crippen MR) is 78.9 cm³/mol. The lowest BCUT2D eigenvalue weighted by Gasteiger charge is -2.04. The molecule has 2 aromatic heterocycles. The van der Waals surface area contributed by atoms with Gasteiger partial charge in [-0.25, -0.2) is 14.5 Å². The molecule has 0 spiro atoms. The van der Waals surface area contributed by atoms with Crippen LogP contribution in [0, 0.1) is 0 Å². The highest BCUT2D eigenvalue weighted by Crippen LogP contribution is 2.34. The molecule has 0 saturated carbocycles. The molecule has 0 aliphatic carbocycles. The molecule has 0 amide bonds. The van der Waals surface area contributed by atoms with Crippen LogP contribution in [-0.2, 0) is 0 Å². The van der Waals surface area contributed by atoms with Crippen LogP contribution in [0.15, 0.2) is 27.7 Å². The third-order valence-electron chi connectivity index (χ3n) is 2.75. The molecule has 0 saturated heterocycles. The Labute approximate surface area is 128 Å². The van der Waals surface area contributed by atoms with Crippen molar-refractivity contribution in [2.45, 2.75) is 29.4 Å². The molecule has 0 unspecified atom stereocenters. The van der Waals surface area contributed by atoms with Crippen molar-refractivity contribution in [2.75, 3.05) is 0 Å². The third-order valence-corrected chi connectivity index (χ3v) is 4.78. The third kappa shape index (κ3) is 2.74. The molecule has 3 aromatic rings. The molecular formula is C12H11N5O2S2. The van der Waals surface area contributed by atoms with Crippen molar-refractivity contribution >= 4 is 39.3 Å². The van der Waals surface area contributed by atoms with E-state index >= 15 is 0 Å². The van der Waals surface area contributed by atoms with Crippen molar-refractivity contribution in [3.05, 3.63) is 23.8 Å². The molecule has 21 heavy (non-hydrogen) atoms. The first-order valence-corrected chi connectivity index (χ1v) is 7.77. The first-order chi connectivity index (χ1) is 10.0. The minimum atomic E-state index is -0.941. The lowest BCUT2D eigenvalue weighted by Crippen LogP contribution is -2.04. The molecule has 2 heterocycles. The normalized spacial score (nSPS) is 11.4. The molecule has 1 N–H and O–H groups in total. The van der Waals surface area contributed by atoms with Gasteiger partial charge in [0.1, 0.15) is 0 Å². The van der Waals surface area contributed by atoms with Crippen LogP contribution >= 0.6 is 23.1 Å². The van der Waals surface area contributed by atoms with E-state index in [1.165, 1.54) is 23.1 Å². The summed E-state index contributed by atoms with van der Waals surface area (Å²) in [4.78, 5) is 15.4. The number of benzene rings is 1. The van der Waals surface area contributed by atoms with Gasteiger partial charge in [0.15, 0.2) is 4.34 Å². The Morgan fingerprint density at radius 1 is 1.43 bits per heavy atom. The molecule has 0 aliphatic heterocycles. The lowest BCUT2D eigenvalue weighted by molar-refractivity contribution is 0.0697. The number of carboxylic acid groups (broad SMARTS) is 1. The fourth-order valence-electron chi connectivity index (χ4n) is 1.74. The maximum atomic E-state index is 11.0. The van der Waals surface area contributed by atoms with Gasteiger partial charge in [0, 0.05) is 0 Å². The number of hydrogen-bond donors (Lipinski definition) is 1. The van der Waals surface area contributed by atoms with E-state index in [1.54, 1.807) is 22.9 Å². The summed E-state index contributed by atoms with van der Waals surface area (Å²) in [6.45, 7) is 4.00. The molecule has 0 atom stereocenters. The lowest BCUT2D eigenvalue weighted by atomic mass is 10.2. The number of aromatic nitrogens is 5. The minimum Gasteiger partial charge on any atom is -0.478 e. The standard InChI is InChI=1S/C12H11N5O2S2/c1-6(2)17-11(14-15-16-17)21-12-13-8-4-3-7(10(18)19)5-9(8)20-12/h3-6H,1-2H3,(H,18,19). The Morgan fingerprint density at radius 3 is 2.95 bits per heavy atom. The zero-order valence-corrected chi connectivity index (χ0v) is 12.9. The fraction of sp³-hybridized carbons (Fsp3) is 0.250. The van der Waals surface area contributed by atoms with Crippen LogP contribution in [0.1, 0.15) is 30.2 Å². The maximum Gasteiger partial charge on any atom is 0.335 e. The Hall–Kier alpha value is -2.00. The van der Waals surface area contributed by atoms with Crippen LogP contribution < -0.4 is 0 Å². The van der Waals surface area contributed by atoms with Crippen molar-refractivity contribution in [1.82, 2.24) is 25.2 Å². The zero-order chi connectivity index (χ0) is 15.0. The van der Waals surface area contributed by atoms with Gasteiger partial charge in [-0.1, -0.05) is 0 Å². The summed E-state index contributed by atoms with van der Waals surface area (Å²) in [5.74, 6) is -0.941. The highest BCUT2D eigenvalue weighted by atomic mass is 32.2. The largest absolute Gasteiger partial charge is 0.478 e. The zero-order valence-electron chi connectivity index (χ0n) is 11.2. The van der Waals surface area contributed by atoms with Crippen molar-refractivity contribution < 1.29 is 9.90 Å². The molecule has 3 rings (SSSR count). The van der Waals surface area contributed by atoms with Gasteiger partial charge in [0.05, 0.1) is 21.8 Å². The summed E-state index contributed by atoms with van der Waals surface area (Å²) in [7, 11) is 0. The fourth-order valence-corrected chi connectivity index (χ4v) is 3.85. The quantitative estimate of drug-likeness (QED) is 0.789. The van der Waals surface area contributed by atoms with Gasteiger partial charge in [0.25, 0.3) is 0 Å². The number of carboxylic acids is 1. The van der Waals surface area contributed by atoms with Crippen molar-refractivity contribution in [3.63, 3.8) is 0 Å². The van der Waals surface area contributed by atoms with E-state index in [0.717, 1.165) is 14.6 Å². The van der Waals surface area contributed by atoms with E-state index < -0.39 is 5.97 Å². The van der Waals surface area contributed by atoms with Gasteiger partial charge < -0.3 is 5.11 Å². The average molecular weight is 321 g/mol. The molecule has 1 aromatic carbocycles. The van der Waals surface area contributed by atoms with Gasteiger partial charge >= 0.3 is 5.97 Å². The van der Waals surface area contributed by atoms with Crippen LogP contribution in [-0.4, -0.2) is 36.3 Å². The van der Waals surface area contributed by atoms with Crippen LogP contribution in [0.5, 0.6) is 0 Å². The monoisotopic (exact) mass is 321 g/mol. The van der Waals surface area contributed by atoms with Gasteiger partial charge in [-0.2, -0.15) is 0 Å². The summed E-state index contributed by atoms with van der Waals surface area (Å²) < 4.78 is 3.34. The number of hydrogen-bond acceptors (Lipinski definition) is 7. The van der Waals surface area contributed by atoms with E-state index in [2.05, 4.69) is 20.5 Å². The summed E-state index contributed by atoms with van der Waals surface area (Å²) >= 11 is 2.80. The summed E-state index contributed by atoms with van der Waals surface area (Å²) in [6, 6.07) is 5.06. The second-order valence-electron chi connectivity index (χ2n) is 4.57.